The third-order valence-electron chi connectivity index (χ3n) is 12.0. The van der Waals surface area contributed by atoms with Crippen LogP contribution in [0.25, 0.3) is 54.4 Å². The Bertz CT molecular complexity index is 2990. The Kier molecular flexibility index (Phi) is 15.9. The molecule has 6 aromatic carbocycles. The van der Waals surface area contributed by atoms with Crippen molar-refractivity contribution in [2.45, 2.75) is 125 Å². The highest BCUT2D eigenvalue weighted by molar-refractivity contribution is 5.91. The molecule has 4 aromatic heterocycles. The second kappa shape index (κ2) is 21.4. The van der Waals surface area contributed by atoms with Crippen LogP contribution in [0.4, 0.5) is 5.82 Å². The van der Waals surface area contributed by atoms with Gasteiger partial charge in [-0.2, -0.15) is 5.10 Å². The van der Waals surface area contributed by atoms with Crippen molar-refractivity contribution >= 4 is 60.2 Å². The SMILES string of the molecule is CC(C)(C)c1cc2ccccc2cn1.CC(C)(C)c1ccc2ccccc2c1.CC(C)(C)c1cnc2ccccc2c1.CC(C)c1cccc2c(N)n[nH]c12.Cc1nc2c(C(C)C)cccc2[nH]1. The third-order valence-corrected chi connectivity index (χ3v) is 12.0. The van der Waals surface area contributed by atoms with Crippen LogP contribution in [-0.2, 0) is 16.2 Å². The summed E-state index contributed by atoms with van der Waals surface area (Å²) in [7, 11) is 0. The molecule has 10 aromatic rings. The molecule has 0 aliphatic heterocycles. The van der Waals surface area contributed by atoms with E-state index in [1.807, 2.05) is 49.6 Å². The predicted molar refractivity (Wildman–Crippen MR) is 293 cm³/mol. The highest BCUT2D eigenvalue weighted by atomic mass is 15.2. The number of hydrogen-bond acceptors (Lipinski definition) is 5. The number of nitrogens with two attached hydrogens (primary N) is 1. The number of aromatic nitrogens is 6. The van der Waals surface area contributed by atoms with E-state index in [-0.39, 0.29) is 16.2 Å². The van der Waals surface area contributed by atoms with Crippen LogP contribution in [0, 0.1) is 6.92 Å². The lowest BCUT2D eigenvalue weighted by molar-refractivity contribution is 0.570. The molecule has 10 rings (SSSR count). The second-order valence-corrected chi connectivity index (χ2v) is 21.4. The molecule has 0 saturated heterocycles. The van der Waals surface area contributed by atoms with Crippen molar-refractivity contribution in [2.75, 3.05) is 5.73 Å². The molecule has 0 amide bonds. The van der Waals surface area contributed by atoms with E-state index in [1.165, 1.54) is 49.2 Å². The molecule has 4 N–H and O–H groups in total. The zero-order chi connectivity index (χ0) is 49.4. The van der Waals surface area contributed by atoms with Crippen LogP contribution in [0.3, 0.4) is 0 Å². The minimum absolute atomic E-state index is 0.129. The van der Waals surface area contributed by atoms with E-state index in [0.717, 1.165) is 39.0 Å². The molecule has 0 saturated carbocycles. The number of para-hydroxylation sites is 3. The number of H-pyrrole nitrogens is 2. The molecule has 7 heteroatoms. The Morgan fingerprint density at radius 3 is 1.69 bits per heavy atom. The van der Waals surface area contributed by atoms with Crippen LogP contribution in [-0.4, -0.2) is 30.1 Å². The van der Waals surface area contributed by atoms with Gasteiger partial charge >= 0.3 is 0 Å². The number of nitrogens with zero attached hydrogens (tertiary/aromatic N) is 4. The number of rotatable bonds is 2. The van der Waals surface area contributed by atoms with Crippen molar-refractivity contribution < 1.29 is 0 Å². The van der Waals surface area contributed by atoms with Crippen LogP contribution >= 0.6 is 0 Å². The first-order valence-corrected chi connectivity index (χ1v) is 24.0. The van der Waals surface area contributed by atoms with Gasteiger partial charge in [0.05, 0.1) is 22.1 Å². The summed E-state index contributed by atoms with van der Waals surface area (Å²) in [4.78, 5) is 16.6. The Labute approximate surface area is 405 Å². The summed E-state index contributed by atoms with van der Waals surface area (Å²) >= 11 is 0. The molecule has 0 spiro atoms. The zero-order valence-electron chi connectivity index (χ0n) is 43.0. The topological polar surface area (TPSA) is 109 Å². The summed E-state index contributed by atoms with van der Waals surface area (Å²) in [6.07, 6.45) is 3.93. The van der Waals surface area contributed by atoms with Crippen molar-refractivity contribution in [3.63, 3.8) is 0 Å². The molecule has 0 aliphatic carbocycles. The van der Waals surface area contributed by atoms with E-state index in [0.29, 0.717) is 17.7 Å². The number of nitrogen functional groups attached to an aromatic ring is 1. The number of anilines is 1. The van der Waals surface area contributed by atoms with Crippen molar-refractivity contribution in [1.29, 1.82) is 0 Å². The fourth-order valence-electron chi connectivity index (χ4n) is 7.84. The molecule has 4 heterocycles. The summed E-state index contributed by atoms with van der Waals surface area (Å²) in [6.45, 7) is 30.6. The van der Waals surface area contributed by atoms with Crippen molar-refractivity contribution in [3.05, 3.63) is 186 Å². The van der Waals surface area contributed by atoms with Gasteiger partial charge in [-0.15, -0.1) is 0 Å². The van der Waals surface area contributed by atoms with Gasteiger partial charge in [-0.3, -0.25) is 15.1 Å². The molecule has 68 heavy (non-hydrogen) atoms. The normalized spacial score (nSPS) is 11.7. The highest BCUT2D eigenvalue weighted by Gasteiger charge is 2.16. The lowest BCUT2D eigenvalue weighted by Gasteiger charge is -2.19. The van der Waals surface area contributed by atoms with Gasteiger partial charge in [0.1, 0.15) is 5.82 Å². The van der Waals surface area contributed by atoms with E-state index in [4.69, 9.17) is 5.73 Å². The average Bonchev–Trinajstić information content (AvgIpc) is 3.89. The van der Waals surface area contributed by atoms with Gasteiger partial charge in [0.15, 0.2) is 5.82 Å². The first-order chi connectivity index (χ1) is 32.1. The van der Waals surface area contributed by atoms with E-state index in [2.05, 4.69) is 229 Å². The maximum Gasteiger partial charge on any atom is 0.153 e. The maximum absolute atomic E-state index is 5.70. The van der Waals surface area contributed by atoms with Crippen LogP contribution in [0.1, 0.15) is 136 Å². The number of aromatic amines is 2. The maximum atomic E-state index is 5.70. The monoisotopic (exact) mass is 904 g/mol. The van der Waals surface area contributed by atoms with Crippen molar-refractivity contribution in [1.82, 2.24) is 30.1 Å². The minimum atomic E-state index is 0.129. The molecule has 0 bridgehead atoms. The number of aryl methyl sites for hydroxylation is 1. The molecule has 0 fully saturated rings. The van der Waals surface area contributed by atoms with Gasteiger partial charge in [0.25, 0.3) is 0 Å². The Hall–Kier alpha value is -6.86. The number of hydrogen-bond donors (Lipinski definition) is 3. The Balaban J connectivity index is 0.000000140. The standard InChI is InChI=1S/C14H16.2C13H15N.C11H14N2.C10H13N3/c1-14(2,3)13-9-8-11-6-4-5-7-12(11)10-13;1-13(2,3)11-8-10-6-4-5-7-12(10)14-9-11;1-13(2,3)12-8-10-6-4-5-7-11(10)9-14-12;1-7(2)9-5-4-6-10-11(9)13-8(3)12-10;1-6(2)7-4-3-5-8-9(7)12-13-10(8)11/h4-10H,1-3H3;2*4-9H,1-3H3;4-7H,1-3H3,(H,12,13);3-6H,1-2H3,(H3,11,12,13). The van der Waals surface area contributed by atoms with Gasteiger partial charge in [-0.1, -0.05) is 199 Å². The fraction of sp³-hybridized carbons (Fsp3) is 0.311. The molecule has 352 valence electrons. The predicted octanol–water partition coefficient (Wildman–Crippen LogP) is 16.5. The summed E-state index contributed by atoms with van der Waals surface area (Å²) in [5, 5.41) is 14.3. The lowest BCUT2D eigenvalue weighted by Crippen LogP contribution is -2.12. The number of fused-ring (bicyclic) bond motifs is 5. The van der Waals surface area contributed by atoms with Crippen molar-refractivity contribution in [2.24, 2.45) is 0 Å². The third kappa shape index (κ3) is 13.0. The molecular weight excluding hydrogens is 831 g/mol. The van der Waals surface area contributed by atoms with E-state index in [9.17, 15) is 0 Å². The van der Waals surface area contributed by atoms with Gasteiger partial charge in [-0.25, -0.2) is 4.98 Å². The molecule has 0 aliphatic rings. The Morgan fingerprint density at radius 2 is 1.06 bits per heavy atom. The zero-order valence-corrected chi connectivity index (χ0v) is 43.0. The fourth-order valence-corrected chi connectivity index (χ4v) is 7.84. The number of pyridine rings is 2. The Morgan fingerprint density at radius 1 is 0.500 bits per heavy atom. The van der Waals surface area contributed by atoms with E-state index < -0.39 is 0 Å². The molecule has 0 unspecified atom stereocenters. The van der Waals surface area contributed by atoms with Crippen LogP contribution in [0.2, 0.25) is 0 Å². The minimum Gasteiger partial charge on any atom is -0.382 e. The van der Waals surface area contributed by atoms with Gasteiger partial charge in [-0.05, 0) is 98.3 Å². The summed E-state index contributed by atoms with van der Waals surface area (Å²) in [5.74, 6) is 2.59. The lowest BCUT2D eigenvalue weighted by atomic mass is 9.86. The van der Waals surface area contributed by atoms with Gasteiger partial charge < -0.3 is 10.7 Å². The molecule has 0 radical (unpaired) electrons. The van der Waals surface area contributed by atoms with Crippen LogP contribution in [0.15, 0.2) is 152 Å². The van der Waals surface area contributed by atoms with E-state index >= 15 is 0 Å². The first kappa shape index (κ1) is 50.6. The summed E-state index contributed by atoms with van der Waals surface area (Å²) < 4.78 is 0. The molecule has 0 atom stereocenters. The summed E-state index contributed by atoms with van der Waals surface area (Å²) in [6, 6.07) is 48.6. The highest BCUT2D eigenvalue weighted by Crippen LogP contribution is 2.29. The average molecular weight is 904 g/mol. The van der Waals surface area contributed by atoms with Gasteiger partial charge in [0, 0.05) is 39.7 Å². The van der Waals surface area contributed by atoms with Crippen LogP contribution < -0.4 is 5.73 Å². The number of imidazole rings is 1. The quantitative estimate of drug-likeness (QED) is 0.160. The smallest absolute Gasteiger partial charge is 0.153 e. The number of benzene rings is 6. The largest absolute Gasteiger partial charge is 0.382 e. The first-order valence-electron chi connectivity index (χ1n) is 24.0. The van der Waals surface area contributed by atoms with Gasteiger partial charge in [0.2, 0.25) is 0 Å². The second-order valence-electron chi connectivity index (χ2n) is 21.4. The van der Waals surface area contributed by atoms with Crippen LogP contribution in [0.5, 0.6) is 0 Å². The van der Waals surface area contributed by atoms with E-state index in [1.54, 1.807) is 0 Å². The molecular formula is C61H73N7. The number of nitrogens with one attached hydrogen (secondary N) is 2. The van der Waals surface area contributed by atoms with Crippen molar-refractivity contribution in [3.8, 4) is 0 Å². The summed E-state index contributed by atoms with van der Waals surface area (Å²) in [5.41, 5.74) is 17.1. The molecule has 7 nitrogen and oxygen atoms in total.